The first-order chi connectivity index (χ1) is 19.9. The fourth-order valence-electron chi connectivity index (χ4n) is 5.22. The van der Waals surface area contributed by atoms with Crippen molar-refractivity contribution in [2.45, 2.75) is 95.9 Å². The summed E-state index contributed by atoms with van der Waals surface area (Å²) >= 11 is 0. The zero-order valence-electron chi connectivity index (χ0n) is 28.4. The number of hydrogen-bond acceptors (Lipinski definition) is 5. The largest absolute Gasteiger partial charge is 0.499 e. The third kappa shape index (κ3) is 11.3. The number of ether oxygens (including phenoxy) is 2. The second kappa shape index (κ2) is 15.8. The maximum absolute atomic E-state index is 14.5. The molecule has 0 N–H and O–H groups in total. The van der Waals surface area contributed by atoms with Crippen LogP contribution in [-0.4, -0.2) is 72.2 Å². The smallest absolute Gasteiger partial charge is 0.377 e. The van der Waals surface area contributed by atoms with Crippen molar-refractivity contribution in [2.75, 3.05) is 41.2 Å². The first kappa shape index (κ1) is 37.9. The predicted molar refractivity (Wildman–Crippen MR) is 182 cm³/mol. The van der Waals surface area contributed by atoms with Gasteiger partial charge in [-0.15, -0.1) is 0 Å². The average Bonchev–Trinajstić information content (AvgIpc) is 2.97. The van der Waals surface area contributed by atoms with E-state index in [9.17, 15) is 8.78 Å². The Balaban J connectivity index is 1.83. The molecule has 2 rings (SSSR count). The fraction of sp³-hybridized carbons (Fsp3) is 0.636. The summed E-state index contributed by atoms with van der Waals surface area (Å²) in [7, 11) is -1.07. The SMILES string of the molecule is CO[Si](CC[Si](C)(C)c1ccc([Si](C)(C)CCCOCC(F)(F)OCC(C)(C)c2ccc(C(C)C)cc2)cc1)(OC)OC. The molecule has 5 nitrogen and oxygen atoms in total. The number of halogens is 2. The van der Waals surface area contributed by atoms with Crippen LogP contribution in [0.4, 0.5) is 8.78 Å². The highest BCUT2D eigenvalue weighted by atomic mass is 28.4. The molecular formula is C33H56F2O5Si3. The highest BCUT2D eigenvalue weighted by Crippen LogP contribution is 2.29. The lowest BCUT2D eigenvalue weighted by molar-refractivity contribution is -0.269. The lowest BCUT2D eigenvalue weighted by Gasteiger charge is -2.30. The van der Waals surface area contributed by atoms with Crippen LogP contribution in [0.3, 0.4) is 0 Å². The second-order valence-electron chi connectivity index (χ2n) is 13.9. The van der Waals surface area contributed by atoms with Crippen LogP contribution in [-0.2, 0) is 28.2 Å². The van der Waals surface area contributed by atoms with Crippen LogP contribution in [0.1, 0.15) is 51.2 Å². The van der Waals surface area contributed by atoms with Gasteiger partial charge in [0, 0.05) is 39.4 Å². The van der Waals surface area contributed by atoms with Gasteiger partial charge in [0.05, 0.1) is 22.8 Å². The minimum Gasteiger partial charge on any atom is -0.377 e. The molecule has 0 saturated carbocycles. The lowest BCUT2D eigenvalue weighted by Crippen LogP contribution is -2.49. The number of rotatable bonds is 19. The molecule has 10 heteroatoms. The third-order valence-electron chi connectivity index (χ3n) is 8.80. The average molecular weight is 655 g/mol. The van der Waals surface area contributed by atoms with Gasteiger partial charge in [0.1, 0.15) is 6.61 Å². The van der Waals surface area contributed by atoms with Crippen molar-refractivity contribution in [1.82, 2.24) is 0 Å². The molecule has 43 heavy (non-hydrogen) atoms. The van der Waals surface area contributed by atoms with Crippen molar-refractivity contribution in [3.8, 4) is 0 Å². The molecule has 0 unspecified atom stereocenters. The number of hydrogen-bond donors (Lipinski definition) is 0. The molecule has 0 saturated heterocycles. The number of benzene rings is 2. The molecule has 2 aromatic carbocycles. The Morgan fingerprint density at radius 1 is 0.698 bits per heavy atom. The minimum absolute atomic E-state index is 0.0893. The molecule has 0 aromatic heterocycles. The van der Waals surface area contributed by atoms with Crippen LogP contribution < -0.4 is 10.4 Å². The van der Waals surface area contributed by atoms with E-state index in [-0.39, 0.29) is 13.2 Å². The van der Waals surface area contributed by atoms with Gasteiger partial charge in [0.2, 0.25) is 0 Å². The highest BCUT2D eigenvalue weighted by molar-refractivity contribution is 6.91. The Hall–Kier alpha value is -1.25. The Labute approximate surface area is 263 Å². The van der Waals surface area contributed by atoms with E-state index in [0.29, 0.717) is 5.92 Å². The fourth-order valence-corrected chi connectivity index (χ4v) is 13.8. The van der Waals surface area contributed by atoms with Crippen LogP contribution in [0, 0.1) is 0 Å². The van der Waals surface area contributed by atoms with E-state index in [1.807, 2.05) is 26.0 Å². The Morgan fingerprint density at radius 2 is 1.19 bits per heavy atom. The molecule has 0 atom stereocenters. The topological polar surface area (TPSA) is 46.2 Å². The maximum Gasteiger partial charge on any atom is 0.499 e. The van der Waals surface area contributed by atoms with Crippen molar-refractivity contribution in [1.29, 1.82) is 0 Å². The highest BCUT2D eigenvalue weighted by Gasteiger charge is 2.40. The van der Waals surface area contributed by atoms with Gasteiger partial charge < -0.3 is 22.8 Å². The van der Waals surface area contributed by atoms with Gasteiger partial charge in [-0.2, -0.15) is 8.78 Å². The quantitative estimate of drug-likeness (QED) is 0.116. The summed E-state index contributed by atoms with van der Waals surface area (Å²) in [6.45, 7) is 17.0. The van der Waals surface area contributed by atoms with E-state index in [1.165, 1.54) is 15.9 Å². The van der Waals surface area contributed by atoms with E-state index < -0.39 is 43.1 Å². The van der Waals surface area contributed by atoms with Crippen molar-refractivity contribution < 1.29 is 31.5 Å². The summed E-state index contributed by atoms with van der Waals surface area (Å²) in [5, 5.41) is 2.77. The zero-order chi connectivity index (χ0) is 32.5. The lowest BCUT2D eigenvalue weighted by atomic mass is 9.84. The van der Waals surface area contributed by atoms with Crippen molar-refractivity contribution in [3.63, 3.8) is 0 Å². The van der Waals surface area contributed by atoms with Crippen molar-refractivity contribution in [2.24, 2.45) is 0 Å². The molecule has 0 amide bonds. The van der Waals surface area contributed by atoms with Crippen molar-refractivity contribution >= 4 is 35.3 Å². The first-order valence-electron chi connectivity index (χ1n) is 15.4. The number of alkyl halides is 2. The van der Waals surface area contributed by atoms with Gasteiger partial charge in [0.25, 0.3) is 0 Å². The van der Waals surface area contributed by atoms with Gasteiger partial charge in [-0.3, -0.25) is 0 Å². The van der Waals surface area contributed by atoms with E-state index in [0.717, 1.165) is 30.1 Å². The molecule has 2 aromatic rings. The molecule has 0 aliphatic carbocycles. The minimum atomic E-state index is -3.33. The standard InChI is InChI=1S/C33H56F2O5Si3/c1-27(2)28-13-15-29(16-14-28)32(3,4)25-40-33(34,35)26-39-21-12-22-41(8,9)30-17-19-31(20-18-30)42(10,11)23-24-43(36-5,37-6)38-7/h13-20,27H,12,21-26H2,1-11H3. The summed E-state index contributed by atoms with van der Waals surface area (Å²) < 4.78 is 56.4. The van der Waals surface area contributed by atoms with Gasteiger partial charge >= 0.3 is 14.9 Å². The molecule has 0 fully saturated rings. The van der Waals surface area contributed by atoms with Crippen LogP contribution in [0.25, 0.3) is 0 Å². The molecule has 0 aliphatic heterocycles. The maximum atomic E-state index is 14.5. The van der Waals surface area contributed by atoms with Crippen LogP contribution in [0.2, 0.25) is 44.3 Å². The van der Waals surface area contributed by atoms with Gasteiger partial charge in [-0.05, 0) is 29.5 Å². The van der Waals surface area contributed by atoms with E-state index >= 15 is 0 Å². The molecular weight excluding hydrogens is 599 g/mol. The molecule has 0 heterocycles. The third-order valence-corrected chi connectivity index (χ3v) is 18.9. The van der Waals surface area contributed by atoms with Gasteiger partial charge in [-0.1, -0.05) is 119 Å². The Morgan fingerprint density at radius 3 is 1.65 bits per heavy atom. The van der Waals surface area contributed by atoms with Gasteiger partial charge in [-0.25, -0.2) is 0 Å². The summed E-state index contributed by atoms with van der Waals surface area (Å²) in [6, 6.07) is 20.0. The monoisotopic (exact) mass is 654 g/mol. The van der Waals surface area contributed by atoms with E-state index in [2.05, 4.69) is 76.4 Å². The van der Waals surface area contributed by atoms with E-state index in [4.69, 9.17) is 22.8 Å². The molecule has 0 aliphatic rings. The zero-order valence-corrected chi connectivity index (χ0v) is 31.4. The van der Waals surface area contributed by atoms with Crippen molar-refractivity contribution in [3.05, 3.63) is 59.7 Å². The summed E-state index contributed by atoms with van der Waals surface area (Å²) in [4.78, 5) is 0. The van der Waals surface area contributed by atoms with E-state index in [1.54, 1.807) is 21.3 Å². The molecule has 0 bridgehead atoms. The summed E-state index contributed by atoms with van der Waals surface area (Å²) in [6.07, 6.45) is -2.59. The molecule has 0 spiro atoms. The summed E-state index contributed by atoms with van der Waals surface area (Å²) in [5.74, 6) is 0.426. The van der Waals surface area contributed by atoms with Crippen LogP contribution in [0.5, 0.6) is 0 Å². The van der Waals surface area contributed by atoms with Crippen LogP contribution >= 0.6 is 0 Å². The Kier molecular flexibility index (Phi) is 14.0. The second-order valence-corrected chi connectivity index (χ2v) is 26.7. The first-order valence-corrected chi connectivity index (χ1v) is 23.7. The normalized spacial score (nSPS) is 13.6. The Bertz CT molecular complexity index is 1090. The predicted octanol–water partition coefficient (Wildman–Crippen LogP) is 7.51. The summed E-state index contributed by atoms with van der Waals surface area (Å²) in [5.41, 5.74) is 1.67. The molecule has 0 radical (unpaired) electrons. The molecule has 244 valence electrons. The van der Waals surface area contributed by atoms with Gasteiger partial charge in [0.15, 0.2) is 0 Å². The van der Waals surface area contributed by atoms with Crippen LogP contribution in [0.15, 0.2) is 48.5 Å².